The highest BCUT2D eigenvalue weighted by Crippen LogP contribution is 2.38. The molecule has 3 N–H and O–H groups in total. The van der Waals surface area contributed by atoms with Crippen LogP contribution in [0, 0.1) is 0 Å². The largest absolute Gasteiger partial charge is 0.494 e. The molecule has 0 atom stereocenters. The minimum absolute atomic E-state index is 0.0777. The van der Waals surface area contributed by atoms with Gasteiger partial charge in [-0.15, -0.1) is 0 Å². The number of hydrogen-bond acceptors (Lipinski definition) is 9. The number of benzene rings is 2. The van der Waals surface area contributed by atoms with Crippen molar-refractivity contribution in [3.63, 3.8) is 0 Å². The van der Waals surface area contributed by atoms with Crippen LogP contribution in [-0.4, -0.2) is 42.9 Å². The Bertz CT molecular complexity index is 1480. The lowest BCUT2D eigenvalue weighted by molar-refractivity contribution is 0.0697. The van der Waals surface area contributed by atoms with Gasteiger partial charge in [0.15, 0.2) is 23.0 Å². The van der Waals surface area contributed by atoms with Gasteiger partial charge in [0.1, 0.15) is 11.1 Å². The average Bonchev–Trinajstić information content (AvgIpc) is 3.44. The SMILES string of the molecule is COc1c(Nc2nc(Nc3ccn(C)n3)ncc2C(=O)O)cccc1-c1nc2ccccc2o1. The fourth-order valence-electron chi connectivity index (χ4n) is 3.43. The summed E-state index contributed by atoms with van der Waals surface area (Å²) in [4.78, 5) is 24.8. The van der Waals surface area contributed by atoms with Gasteiger partial charge in [-0.3, -0.25) is 4.68 Å². The van der Waals surface area contributed by atoms with Gasteiger partial charge >= 0.3 is 5.97 Å². The second-order valence-electron chi connectivity index (χ2n) is 7.26. The number of aromatic nitrogens is 5. The molecule has 0 aliphatic rings. The number of hydrogen-bond donors (Lipinski definition) is 3. The first kappa shape index (κ1) is 20.9. The number of para-hydroxylation sites is 3. The minimum Gasteiger partial charge on any atom is -0.494 e. The second-order valence-corrected chi connectivity index (χ2v) is 7.26. The third kappa shape index (κ3) is 3.97. The summed E-state index contributed by atoms with van der Waals surface area (Å²) < 4.78 is 13.2. The van der Waals surface area contributed by atoms with E-state index in [0.717, 1.165) is 0 Å². The van der Waals surface area contributed by atoms with Crippen LogP contribution in [0.2, 0.25) is 0 Å². The highest BCUT2D eigenvalue weighted by atomic mass is 16.5. The van der Waals surface area contributed by atoms with E-state index in [0.29, 0.717) is 39.8 Å². The standard InChI is InChI=1S/C23H19N7O4/c1-30-11-10-18(29-30)27-23-24-12-14(22(31)32)20(28-23)25-16-8-5-6-13(19(16)33-2)21-26-15-7-3-4-9-17(15)34-21/h3-12H,1-2H3,(H,31,32)(H2,24,25,27,28,29). The maximum absolute atomic E-state index is 11.8. The lowest BCUT2D eigenvalue weighted by atomic mass is 10.1. The number of carboxylic acids is 1. The maximum atomic E-state index is 11.8. The quantitative estimate of drug-likeness (QED) is 0.325. The number of carboxylic acid groups (broad SMARTS) is 1. The molecular weight excluding hydrogens is 438 g/mol. The number of nitrogens with zero attached hydrogens (tertiary/aromatic N) is 5. The Kier molecular flexibility index (Phi) is 5.26. The Morgan fingerprint density at radius 1 is 1.09 bits per heavy atom. The van der Waals surface area contributed by atoms with Crippen molar-refractivity contribution in [3.8, 4) is 17.2 Å². The molecule has 0 fully saturated rings. The van der Waals surface area contributed by atoms with Crippen LogP contribution in [0.25, 0.3) is 22.6 Å². The van der Waals surface area contributed by atoms with Crippen molar-refractivity contribution in [2.75, 3.05) is 17.7 Å². The van der Waals surface area contributed by atoms with E-state index in [2.05, 4.69) is 30.7 Å². The van der Waals surface area contributed by atoms with Crippen molar-refractivity contribution in [2.24, 2.45) is 7.05 Å². The fourth-order valence-corrected chi connectivity index (χ4v) is 3.43. The van der Waals surface area contributed by atoms with E-state index < -0.39 is 5.97 Å². The molecule has 3 aromatic heterocycles. The number of aryl methyl sites for hydroxylation is 1. The van der Waals surface area contributed by atoms with E-state index in [9.17, 15) is 9.90 Å². The first-order valence-electron chi connectivity index (χ1n) is 10.2. The van der Waals surface area contributed by atoms with Gasteiger partial charge in [0.05, 0.1) is 18.4 Å². The Morgan fingerprint density at radius 2 is 1.94 bits per heavy atom. The summed E-state index contributed by atoms with van der Waals surface area (Å²) in [5, 5.41) is 19.9. The van der Waals surface area contributed by atoms with Crippen LogP contribution in [0.15, 0.2) is 65.3 Å². The van der Waals surface area contributed by atoms with E-state index in [1.165, 1.54) is 13.3 Å². The van der Waals surface area contributed by atoms with Crippen molar-refractivity contribution in [2.45, 2.75) is 0 Å². The molecule has 5 aromatic rings. The smallest absolute Gasteiger partial charge is 0.341 e. The predicted octanol–water partition coefficient (Wildman–Crippen LogP) is 4.21. The summed E-state index contributed by atoms with van der Waals surface area (Å²) in [5.41, 5.74) is 2.33. The number of methoxy groups -OCH3 is 1. The van der Waals surface area contributed by atoms with E-state index in [-0.39, 0.29) is 17.3 Å². The Morgan fingerprint density at radius 3 is 2.68 bits per heavy atom. The van der Waals surface area contributed by atoms with E-state index in [4.69, 9.17) is 9.15 Å². The molecule has 170 valence electrons. The summed E-state index contributed by atoms with van der Waals surface area (Å²) in [5.74, 6) is 0.394. The Balaban J connectivity index is 1.53. The molecule has 0 unspecified atom stereocenters. The first-order valence-corrected chi connectivity index (χ1v) is 10.2. The molecule has 11 heteroatoms. The van der Waals surface area contributed by atoms with E-state index in [1.807, 2.05) is 24.3 Å². The molecule has 11 nitrogen and oxygen atoms in total. The molecule has 0 bridgehead atoms. The molecule has 34 heavy (non-hydrogen) atoms. The van der Waals surface area contributed by atoms with Gasteiger partial charge in [-0.2, -0.15) is 10.1 Å². The Hall–Kier alpha value is -4.93. The number of carbonyl (C=O) groups is 1. The summed E-state index contributed by atoms with van der Waals surface area (Å²) >= 11 is 0. The molecule has 0 saturated heterocycles. The lowest BCUT2D eigenvalue weighted by Gasteiger charge is -2.15. The number of oxazole rings is 1. The number of ether oxygens (including phenoxy) is 1. The highest BCUT2D eigenvalue weighted by Gasteiger charge is 2.20. The zero-order valence-corrected chi connectivity index (χ0v) is 18.2. The molecule has 0 amide bonds. The van der Waals surface area contributed by atoms with Gasteiger partial charge in [0, 0.05) is 25.5 Å². The summed E-state index contributed by atoms with van der Waals surface area (Å²) in [6, 6.07) is 14.5. The summed E-state index contributed by atoms with van der Waals surface area (Å²) in [6.45, 7) is 0. The first-order chi connectivity index (χ1) is 16.5. The van der Waals surface area contributed by atoms with Crippen molar-refractivity contribution in [1.29, 1.82) is 0 Å². The number of anilines is 4. The minimum atomic E-state index is -1.18. The lowest BCUT2D eigenvalue weighted by Crippen LogP contribution is -2.09. The third-order valence-corrected chi connectivity index (χ3v) is 4.97. The summed E-state index contributed by atoms with van der Waals surface area (Å²) in [6.07, 6.45) is 2.98. The van der Waals surface area contributed by atoms with Crippen LogP contribution in [-0.2, 0) is 7.05 Å². The topological polar surface area (TPSA) is 140 Å². The third-order valence-electron chi connectivity index (χ3n) is 4.97. The van der Waals surface area contributed by atoms with Crippen LogP contribution >= 0.6 is 0 Å². The van der Waals surface area contributed by atoms with Crippen molar-refractivity contribution in [3.05, 3.63) is 66.5 Å². The maximum Gasteiger partial charge on any atom is 0.341 e. The highest BCUT2D eigenvalue weighted by molar-refractivity contribution is 5.94. The van der Waals surface area contributed by atoms with Crippen LogP contribution in [0.1, 0.15) is 10.4 Å². The molecular formula is C23H19N7O4. The van der Waals surface area contributed by atoms with Gasteiger partial charge in [0.25, 0.3) is 0 Å². The molecule has 0 radical (unpaired) electrons. The average molecular weight is 457 g/mol. The summed E-state index contributed by atoms with van der Waals surface area (Å²) in [7, 11) is 3.29. The Labute approximate surface area is 193 Å². The van der Waals surface area contributed by atoms with Gasteiger partial charge in [-0.25, -0.2) is 14.8 Å². The molecule has 5 rings (SSSR count). The zero-order valence-electron chi connectivity index (χ0n) is 18.2. The van der Waals surface area contributed by atoms with E-state index >= 15 is 0 Å². The van der Waals surface area contributed by atoms with Gasteiger partial charge in [-0.1, -0.05) is 18.2 Å². The van der Waals surface area contributed by atoms with E-state index in [1.54, 1.807) is 42.2 Å². The molecule has 0 aliphatic heterocycles. The molecule has 0 aliphatic carbocycles. The van der Waals surface area contributed by atoms with Crippen LogP contribution in [0.3, 0.4) is 0 Å². The van der Waals surface area contributed by atoms with Gasteiger partial charge in [-0.05, 0) is 24.3 Å². The van der Waals surface area contributed by atoms with Gasteiger partial charge < -0.3 is 24.9 Å². The van der Waals surface area contributed by atoms with Crippen molar-refractivity contribution < 1.29 is 19.1 Å². The number of aromatic carboxylic acids is 1. The van der Waals surface area contributed by atoms with Crippen molar-refractivity contribution in [1.82, 2.24) is 24.7 Å². The van der Waals surface area contributed by atoms with Crippen LogP contribution < -0.4 is 15.4 Å². The molecule has 0 saturated carbocycles. The normalized spacial score (nSPS) is 10.9. The van der Waals surface area contributed by atoms with Gasteiger partial charge in [0.2, 0.25) is 11.8 Å². The van der Waals surface area contributed by atoms with Crippen LogP contribution in [0.4, 0.5) is 23.3 Å². The monoisotopic (exact) mass is 457 g/mol. The number of fused-ring (bicyclic) bond motifs is 1. The number of nitrogens with one attached hydrogen (secondary N) is 2. The van der Waals surface area contributed by atoms with Crippen LogP contribution in [0.5, 0.6) is 5.75 Å². The number of rotatable bonds is 7. The predicted molar refractivity (Wildman–Crippen MR) is 125 cm³/mol. The van der Waals surface area contributed by atoms with Crippen molar-refractivity contribution >= 4 is 40.3 Å². The molecule has 3 heterocycles. The molecule has 0 spiro atoms. The molecule has 2 aromatic carbocycles. The fraction of sp³-hybridized carbons (Fsp3) is 0.0870. The second kappa shape index (κ2) is 8.54. The zero-order chi connectivity index (χ0) is 23.7.